The van der Waals surface area contributed by atoms with Gasteiger partial charge in [0.25, 0.3) is 5.69 Å². The lowest BCUT2D eigenvalue weighted by atomic mass is 10.1. The van der Waals surface area contributed by atoms with Gasteiger partial charge in [-0.3, -0.25) is 10.1 Å². The molecule has 0 bridgehead atoms. The summed E-state index contributed by atoms with van der Waals surface area (Å²) >= 11 is 3.15. The summed E-state index contributed by atoms with van der Waals surface area (Å²) in [6, 6.07) is 8.60. The van der Waals surface area contributed by atoms with Crippen molar-refractivity contribution in [1.29, 1.82) is 0 Å². The van der Waals surface area contributed by atoms with Crippen molar-refractivity contribution in [3.05, 3.63) is 68.2 Å². The van der Waals surface area contributed by atoms with E-state index in [1.54, 1.807) is 0 Å². The summed E-state index contributed by atoms with van der Waals surface area (Å²) in [5.74, 6) is 0.366. The van der Waals surface area contributed by atoms with Crippen molar-refractivity contribution in [3.63, 3.8) is 0 Å². The van der Waals surface area contributed by atoms with Crippen LogP contribution in [0.1, 0.15) is 11.1 Å². The van der Waals surface area contributed by atoms with E-state index in [9.17, 15) is 23.3 Å². The van der Waals surface area contributed by atoms with E-state index >= 15 is 0 Å². The van der Waals surface area contributed by atoms with Gasteiger partial charge in [-0.05, 0) is 39.7 Å². The third kappa shape index (κ3) is 3.97. The summed E-state index contributed by atoms with van der Waals surface area (Å²) in [6.45, 7) is 0.0501. The number of ether oxygens (including phenoxy) is 1. The van der Waals surface area contributed by atoms with Crippen LogP contribution in [-0.4, -0.2) is 4.92 Å². The molecule has 0 aliphatic rings. The third-order valence-corrected chi connectivity index (χ3v) is 3.42. The summed E-state index contributed by atoms with van der Waals surface area (Å²) in [5.41, 5.74) is -0.264. The summed E-state index contributed by atoms with van der Waals surface area (Å²) < 4.78 is 43.1. The van der Waals surface area contributed by atoms with Crippen LogP contribution in [0.15, 0.2) is 46.9 Å². The Kier molecular flexibility index (Phi) is 4.70. The minimum Gasteiger partial charge on any atom is -0.488 e. The van der Waals surface area contributed by atoms with E-state index in [1.165, 1.54) is 30.3 Å². The average Bonchev–Trinajstić information content (AvgIpc) is 2.45. The number of non-ortho nitro benzene ring substituents is 1. The Morgan fingerprint density at radius 2 is 1.77 bits per heavy atom. The summed E-state index contributed by atoms with van der Waals surface area (Å²) in [6.07, 6.45) is -4.37. The monoisotopic (exact) mass is 375 g/mol. The van der Waals surface area contributed by atoms with Gasteiger partial charge in [0.15, 0.2) is 0 Å². The maximum absolute atomic E-state index is 12.4. The molecule has 0 aliphatic carbocycles. The van der Waals surface area contributed by atoms with Crippen molar-refractivity contribution in [3.8, 4) is 5.75 Å². The molecule has 22 heavy (non-hydrogen) atoms. The van der Waals surface area contributed by atoms with E-state index in [-0.39, 0.29) is 12.3 Å². The molecule has 2 rings (SSSR count). The molecular formula is C14H9BrF3NO3. The van der Waals surface area contributed by atoms with Gasteiger partial charge in [0.1, 0.15) is 12.4 Å². The first-order chi connectivity index (χ1) is 10.3. The van der Waals surface area contributed by atoms with Crippen molar-refractivity contribution >= 4 is 21.6 Å². The molecule has 4 nitrogen and oxygen atoms in total. The standard InChI is InChI=1S/C14H9BrF3NO3/c15-12-7-11(19(20)21)5-6-13(12)22-8-9-1-3-10(4-2-9)14(16,17)18/h1-7H,8H2. The van der Waals surface area contributed by atoms with Gasteiger partial charge in [0.05, 0.1) is 15.0 Å². The molecule has 0 saturated carbocycles. The maximum Gasteiger partial charge on any atom is 0.416 e. The second kappa shape index (κ2) is 6.35. The van der Waals surface area contributed by atoms with E-state index in [2.05, 4.69) is 15.9 Å². The fourth-order valence-corrected chi connectivity index (χ4v) is 2.15. The number of nitro benzene ring substituents is 1. The minimum absolute atomic E-state index is 0.0501. The molecule has 0 atom stereocenters. The largest absolute Gasteiger partial charge is 0.488 e. The van der Waals surface area contributed by atoms with E-state index in [0.717, 1.165) is 12.1 Å². The molecule has 0 amide bonds. The Balaban J connectivity index is 2.05. The molecule has 0 saturated heterocycles. The first-order valence-corrected chi connectivity index (χ1v) is 6.79. The fraction of sp³-hybridized carbons (Fsp3) is 0.143. The minimum atomic E-state index is -4.37. The highest BCUT2D eigenvalue weighted by molar-refractivity contribution is 9.10. The van der Waals surface area contributed by atoms with Gasteiger partial charge in [-0.25, -0.2) is 0 Å². The Hall–Kier alpha value is -2.09. The van der Waals surface area contributed by atoms with Crippen LogP contribution in [0.3, 0.4) is 0 Å². The average molecular weight is 376 g/mol. The van der Waals surface area contributed by atoms with E-state index in [0.29, 0.717) is 15.8 Å². The summed E-state index contributed by atoms with van der Waals surface area (Å²) in [7, 11) is 0. The van der Waals surface area contributed by atoms with Crippen molar-refractivity contribution in [2.75, 3.05) is 0 Å². The third-order valence-electron chi connectivity index (χ3n) is 2.80. The zero-order valence-electron chi connectivity index (χ0n) is 10.9. The van der Waals surface area contributed by atoms with E-state index in [1.807, 2.05) is 0 Å². The van der Waals surface area contributed by atoms with Crippen LogP contribution in [0, 0.1) is 10.1 Å². The van der Waals surface area contributed by atoms with Crippen molar-refractivity contribution in [2.45, 2.75) is 12.8 Å². The van der Waals surface area contributed by atoms with Gasteiger partial charge in [-0.1, -0.05) is 12.1 Å². The molecule has 0 radical (unpaired) electrons. The predicted molar refractivity (Wildman–Crippen MR) is 76.6 cm³/mol. The predicted octanol–water partition coefficient (Wildman–Crippen LogP) is 4.96. The van der Waals surface area contributed by atoms with Gasteiger partial charge in [0, 0.05) is 12.1 Å². The molecule has 0 aliphatic heterocycles. The van der Waals surface area contributed by atoms with Gasteiger partial charge in [0.2, 0.25) is 0 Å². The lowest BCUT2D eigenvalue weighted by Crippen LogP contribution is -2.05. The molecule has 2 aromatic rings. The Labute approximate surface area is 131 Å². The fourth-order valence-electron chi connectivity index (χ4n) is 1.67. The molecule has 0 heterocycles. The van der Waals surface area contributed by atoms with Crippen LogP contribution in [0.2, 0.25) is 0 Å². The SMILES string of the molecule is O=[N+]([O-])c1ccc(OCc2ccc(C(F)(F)F)cc2)c(Br)c1. The number of hydrogen-bond donors (Lipinski definition) is 0. The zero-order valence-corrected chi connectivity index (χ0v) is 12.5. The first kappa shape index (κ1) is 16.3. The molecule has 8 heteroatoms. The molecule has 0 spiro atoms. The number of benzene rings is 2. The van der Waals surface area contributed by atoms with Gasteiger partial charge in [-0.2, -0.15) is 13.2 Å². The Morgan fingerprint density at radius 1 is 1.14 bits per heavy atom. The van der Waals surface area contributed by atoms with Crippen LogP contribution >= 0.6 is 15.9 Å². The Bertz CT molecular complexity index is 687. The smallest absolute Gasteiger partial charge is 0.416 e. The maximum atomic E-state index is 12.4. The molecular weight excluding hydrogens is 367 g/mol. The van der Waals surface area contributed by atoms with Gasteiger partial charge >= 0.3 is 6.18 Å². The Morgan fingerprint density at radius 3 is 2.27 bits per heavy atom. The van der Waals surface area contributed by atoms with Gasteiger partial charge in [-0.15, -0.1) is 0 Å². The van der Waals surface area contributed by atoms with Crippen LogP contribution in [0.5, 0.6) is 5.75 Å². The summed E-state index contributed by atoms with van der Waals surface area (Å²) in [4.78, 5) is 10.1. The van der Waals surface area contributed by atoms with Crippen molar-refractivity contribution in [1.82, 2.24) is 0 Å². The molecule has 2 aromatic carbocycles. The van der Waals surface area contributed by atoms with E-state index < -0.39 is 16.7 Å². The second-order valence-corrected chi connectivity index (χ2v) is 5.21. The molecule has 0 fully saturated rings. The second-order valence-electron chi connectivity index (χ2n) is 4.36. The lowest BCUT2D eigenvalue weighted by molar-refractivity contribution is -0.385. The normalized spacial score (nSPS) is 11.3. The zero-order chi connectivity index (χ0) is 16.3. The van der Waals surface area contributed by atoms with E-state index in [4.69, 9.17) is 4.74 Å². The number of hydrogen-bond acceptors (Lipinski definition) is 3. The van der Waals surface area contributed by atoms with Crippen molar-refractivity contribution < 1.29 is 22.8 Å². The topological polar surface area (TPSA) is 52.4 Å². The number of nitro groups is 1. The highest BCUT2D eigenvalue weighted by Gasteiger charge is 2.29. The van der Waals surface area contributed by atoms with Crippen LogP contribution in [0.4, 0.5) is 18.9 Å². The highest BCUT2D eigenvalue weighted by Crippen LogP contribution is 2.31. The molecule has 0 unspecified atom stereocenters. The number of rotatable bonds is 4. The van der Waals surface area contributed by atoms with Crippen LogP contribution in [0.25, 0.3) is 0 Å². The quantitative estimate of drug-likeness (QED) is 0.560. The first-order valence-electron chi connectivity index (χ1n) is 6.00. The molecule has 116 valence electrons. The van der Waals surface area contributed by atoms with Crippen molar-refractivity contribution in [2.24, 2.45) is 0 Å². The molecule has 0 N–H and O–H groups in total. The lowest BCUT2D eigenvalue weighted by Gasteiger charge is -2.10. The van der Waals surface area contributed by atoms with Crippen LogP contribution in [-0.2, 0) is 12.8 Å². The number of nitrogens with zero attached hydrogens (tertiary/aromatic N) is 1. The summed E-state index contributed by atoms with van der Waals surface area (Å²) in [5, 5.41) is 10.6. The number of halogens is 4. The highest BCUT2D eigenvalue weighted by atomic mass is 79.9. The van der Waals surface area contributed by atoms with Crippen LogP contribution < -0.4 is 4.74 Å². The number of alkyl halides is 3. The van der Waals surface area contributed by atoms with Gasteiger partial charge < -0.3 is 4.74 Å². The molecule has 0 aromatic heterocycles.